The lowest BCUT2D eigenvalue weighted by molar-refractivity contribution is -0.154. The average Bonchev–Trinajstić information content (AvgIpc) is 2.41. The number of alkyl halides is 3. The van der Waals surface area contributed by atoms with Crippen LogP contribution in [0.2, 0.25) is 0 Å². The van der Waals surface area contributed by atoms with Gasteiger partial charge in [0.2, 0.25) is 0 Å². The molecule has 7 heteroatoms. The van der Waals surface area contributed by atoms with E-state index in [2.05, 4.69) is 10.7 Å². The zero-order valence-corrected chi connectivity index (χ0v) is 10.7. The van der Waals surface area contributed by atoms with Crippen molar-refractivity contribution in [3.8, 4) is 0 Å². The molecule has 1 unspecified atom stereocenters. The first-order valence-electron chi connectivity index (χ1n) is 6.10. The van der Waals surface area contributed by atoms with Crippen molar-refractivity contribution in [1.29, 1.82) is 0 Å². The number of aryl methyl sites for hydroxylation is 1. The van der Waals surface area contributed by atoms with Crippen molar-refractivity contribution in [2.45, 2.75) is 38.0 Å². The average molecular weight is 291 g/mol. The standard InChI is InChI=1S/C13H16F3NO3/c14-13(15,16)10-7-3-1-5-9(10)6-2-4-8-11(18)12(19)20-17/h1,3,5,7,11,18H,2,4,6,8,17H2. The van der Waals surface area contributed by atoms with Crippen LogP contribution in [0.15, 0.2) is 24.3 Å². The summed E-state index contributed by atoms with van der Waals surface area (Å²) in [5.41, 5.74) is -0.446. The number of hydrogen-bond acceptors (Lipinski definition) is 4. The molecular formula is C13H16F3NO3. The minimum absolute atomic E-state index is 0.101. The van der Waals surface area contributed by atoms with Crippen LogP contribution < -0.4 is 5.90 Å². The van der Waals surface area contributed by atoms with Crippen LogP contribution in [-0.4, -0.2) is 17.2 Å². The SMILES string of the molecule is NOC(=O)C(O)CCCCc1ccccc1C(F)(F)F. The Morgan fingerprint density at radius 3 is 2.55 bits per heavy atom. The summed E-state index contributed by atoms with van der Waals surface area (Å²) in [6.45, 7) is 0. The fourth-order valence-corrected chi connectivity index (χ4v) is 1.86. The van der Waals surface area contributed by atoms with Gasteiger partial charge in [0.25, 0.3) is 0 Å². The maximum Gasteiger partial charge on any atom is 0.416 e. The summed E-state index contributed by atoms with van der Waals surface area (Å²) in [5, 5.41) is 9.26. The summed E-state index contributed by atoms with van der Waals surface area (Å²) in [5.74, 6) is 3.66. The fraction of sp³-hybridized carbons (Fsp3) is 0.462. The number of carbonyl (C=O) groups is 1. The molecule has 1 rings (SSSR count). The minimum Gasteiger partial charge on any atom is -0.381 e. The Hall–Kier alpha value is -1.60. The molecule has 0 bridgehead atoms. The van der Waals surface area contributed by atoms with Crippen LogP contribution in [0.25, 0.3) is 0 Å². The zero-order valence-electron chi connectivity index (χ0n) is 10.7. The van der Waals surface area contributed by atoms with Crippen LogP contribution in [0.4, 0.5) is 13.2 Å². The van der Waals surface area contributed by atoms with E-state index >= 15 is 0 Å². The summed E-state index contributed by atoms with van der Waals surface area (Å²) in [4.78, 5) is 14.7. The Balaban J connectivity index is 2.49. The highest BCUT2D eigenvalue weighted by molar-refractivity contribution is 5.73. The van der Waals surface area contributed by atoms with E-state index in [0.29, 0.717) is 12.8 Å². The van der Waals surface area contributed by atoms with Crippen LogP contribution in [0, 0.1) is 0 Å². The summed E-state index contributed by atoms with van der Waals surface area (Å²) in [6, 6.07) is 5.35. The molecule has 1 aromatic rings. The number of aliphatic hydroxyl groups is 1. The number of hydrogen-bond donors (Lipinski definition) is 2. The van der Waals surface area contributed by atoms with E-state index in [0.717, 1.165) is 6.07 Å². The predicted octanol–water partition coefficient (Wildman–Crippen LogP) is 2.20. The normalized spacial score (nSPS) is 13.1. The maximum absolute atomic E-state index is 12.7. The lowest BCUT2D eigenvalue weighted by Gasteiger charge is -2.12. The van der Waals surface area contributed by atoms with Gasteiger partial charge in [0.05, 0.1) is 5.56 Å². The smallest absolute Gasteiger partial charge is 0.381 e. The van der Waals surface area contributed by atoms with Crippen molar-refractivity contribution in [3.63, 3.8) is 0 Å². The third kappa shape index (κ3) is 4.82. The number of aliphatic hydroxyl groups excluding tert-OH is 1. The summed E-state index contributed by atoms with van der Waals surface area (Å²) < 4.78 is 38.2. The van der Waals surface area contributed by atoms with E-state index in [9.17, 15) is 23.1 Å². The van der Waals surface area contributed by atoms with Crippen LogP contribution in [0.1, 0.15) is 30.4 Å². The van der Waals surface area contributed by atoms with E-state index in [1.165, 1.54) is 12.1 Å². The van der Waals surface area contributed by atoms with E-state index in [1.807, 2.05) is 0 Å². The molecule has 0 radical (unpaired) electrons. The van der Waals surface area contributed by atoms with E-state index in [1.54, 1.807) is 6.07 Å². The number of unbranched alkanes of at least 4 members (excludes halogenated alkanes) is 1. The molecule has 20 heavy (non-hydrogen) atoms. The van der Waals surface area contributed by atoms with Crippen LogP contribution in [-0.2, 0) is 22.2 Å². The lowest BCUT2D eigenvalue weighted by atomic mass is 10.00. The first-order valence-corrected chi connectivity index (χ1v) is 6.10. The van der Waals surface area contributed by atoms with Gasteiger partial charge >= 0.3 is 12.1 Å². The summed E-state index contributed by atoms with van der Waals surface area (Å²) in [6.07, 6.45) is -4.58. The maximum atomic E-state index is 12.7. The van der Waals surface area contributed by atoms with Gasteiger partial charge in [-0.3, -0.25) is 0 Å². The third-order valence-electron chi connectivity index (χ3n) is 2.88. The van der Waals surface area contributed by atoms with Gasteiger partial charge in [0, 0.05) is 0 Å². The van der Waals surface area contributed by atoms with Crippen molar-refractivity contribution in [2.24, 2.45) is 5.90 Å². The van der Waals surface area contributed by atoms with E-state index in [4.69, 9.17) is 0 Å². The third-order valence-corrected chi connectivity index (χ3v) is 2.88. The fourth-order valence-electron chi connectivity index (χ4n) is 1.86. The Morgan fingerprint density at radius 2 is 1.95 bits per heavy atom. The molecule has 4 nitrogen and oxygen atoms in total. The van der Waals surface area contributed by atoms with Crippen LogP contribution >= 0.6 is 0 Å². The first kappa shape index (κ1) is 16.5. The number of carbonyl (C=O) groups excluding carboxylic acids is 1. The van der Waals surface area contributed by atoms with Gasteiger partial charge in [-0.25, -0.2) is 4.79 Å². The molecule has 0 spiro atoms. The van der Waals surface area contributed by atoms with Gasteiger partial charge in [-0.15, -0.1) is 0 Å². The highest BCUT2D eigenvalue weighted by atomic mass is 19.4. The molecular weight excluding hydrogens is 275 g/mol. The lowest BCUT2D eigenvalue weighted by Crippen LogP contribution is -2.25. The largest absolute Gasteiger partial charge is 0.416 e. The second-order valence-corrected chi connectivity index (χ2v) is 4.35. The number of nitrogens with two attached hydrogens (primary N) is 1. The highest BCUT2D eigenvalue weighted by Crippen LogP contribution is 2.32. The van der Waals surface area contributed by atoms with Gasteiger partial charge < -0.3 is 9.94 Å². The van der Waals surface area contributed by atoms with Crippen molar-refractivity contribution >= 4 is 5.97 Å². The molecule has 0 amide bonds. The van der Waals surface area contributed by atoms with Gasteiger partial charge in [-0.1, -0.05) is 18.2 Å². The quantitative estimate of drug-likeness (QED) is 0.622. The first-order chi connectivity index (χ1) is 9.36. The number of benzene rings is 1. The second-order valence-electron chi connectivity index (χ2n) is 4.35. The van der Waals surface area contributed by atoms with Crippen molar-refractivity contribution in [3.05, 3.63) is 35.4 Å². The topological polar surface area (TPSA) is 72.5 Å². The molecule has 0 fully saturated rings. The minimum atomic E-state index is -4.38. The predicted molar refractivity (Wildman–Crippen MR) is 65.3 cm³/mol. The van der Waals surface area contributed by atoms with Gasteiger partial charge in [-0.05, 0) is 37.3 Å². The molecule has 0 saturated carbocycles. The Kier molecular flexibility index (Phi) is 5.97. The highest BCUT2D eigenvalue weighted by Gasteiger charge is 2.32. The molecule has 1 atom stereocenters. The second kappa shape index (κ2) is 7.25. The monoisotopic (exact) mass is 291 g/mol. The Bertz CT molecular complexity index is 449. The Labute approximate surface area is 114 Å². The van der Waals surface area contributed by atoms with E-state index < -0.39 is 23.8 Å². The van der Waals surface area contributed by atoms with Crippen molar-refractivity contribution < 1.29 is 27.9 Å². The molecule has 0 aliphatic rings. The summed E-state index contributed by atoms with van der Waals surface area (Å²) >= 11 is 0. The molecule has 112 valence electrons. The van der Waals surface area contributed by atoms with Crippen molar-refractivity contribution in [2.75, 3.05) is 0 Å². The zero-order chi connectivity index (χ0) is 15.2. The van der Waals surface area contributed by atoms with Gasteiger partial charge in [0.1, 0.15) is 0 Å². The summed E-state index contributed by atoms with van der Waals surface area (Å²) in [7, 11) is 0. The van der Waals surface area contributed by atoms with Crippen molar-refractivity contribution in [1.82, 2.24) is 0 Å². The molecule has 1 aromatic carbocycles. The molecule has 0 saturated heterocycles. The number of rotatable bonds is 6. The van der Waals surface area contributed by atoms with Gasteiger partial charge in [-0.2, -0.15) is 19.1 Å². The van der Waals surface area contributed by atoms with Gasteiger partial charge in [0.15, 0.2) is 6.10 Å². The molecule has 0 aromatic heterocycles. The number of halogens is 3. The molecule has 0 heterocycles. The van der Waals surface area contributed by atoms with Crippen LogP contribution in [0.3, 0.4) is 0 Å². The Morgan fingerprint density at radius 1 is 1.30 bits per heavy atom. The molecule has 3 N–H and O–H groups in total. The molecule has 0 aliphatic carbocycles. The molecule has 0 aliphatic heterocycles. The van der Waals surface area contributed by atoms with E-state index in [-0.39, 0.29) is 18.4 Å². The van der Waals surface area contributed by atoms with Crippen LogP contribution in [0.5, 0.6) is 0 Å².